The molecule has 0 aromatic heterocycles. The molecule has 0 spiro atoms. The third kappa shape index (κ3) is 11.1. The molecule has 57 heavy (non-hydrogen) atoms. The summed E-state index contributed by atoms with van der Waals surface area (Å²) in [6, 6.07) is -0.827. The smallest absolute Gasteiger partial charge is 0.311 e. The third-order valence-corrected chi connectivity index (χ3v) is 13.7. The van der Waals surface area contributed by atoms with Gasteiger partial charge in [0, 0.05) is 44.6 Å². The van der Waals surface area contributed by atoms with Crippen molar-refractivity contribution in [2.24, 2.45) is 17.8 Å². The van der Waals surface area contributed by atoms with Crippen molar-refractivity contribution in [2.75, 3.05) is 54.9 Å². The number of hydrogen-bond acceptors (Lipinski definition) is 15. The van der Waals surface area contributed by atoms with Gasteiger partial charge in [0.1, 0.15) is 35.1 Å². The van der Waals surface area contributed by atoms with Crippen LogP contribution in [0, 0.1) is 17.8 Å². The van der Waals surface area contributed by atoms with Gasteiger partial charge in [-0.15, -0.1) is 0 Å². The van der Waals surface area contributed by atoms with E-state index in [0.29, 0.717) is 19.5 Å². The molecule has 3 aliphatic rings. The van der Waals surface area contributed by atoms with E-state index in [4.69, 9.17) is 28.4 Å². The molecule has 0 aliphatic carbocycles. The Morgan fingerprint density at radius 3 is 2.09 bits per heavy atom. The number of methoxy groups -OCH3 is 1. The van der Waals surface area contributed by atoms with E-state index < -0.39 is 95.5 Å². The van der Waals surface area contributed by atoms with E-state index >= 15 is 0 Å². The first-order valence-corrected chi connectivity index (χ1v) is 21.2. The molecule has 0 aromatic carbocycles. The fraction of sp³-hybridized carbons (Fsp3) is 0.976. The molecule has 18 atom stereocenters. The average Bonchev–Trinajstić information content (AvgIpc) is 3.12. The topological polar surface area (TPSA) is 183 Å². The second kappa shape index (κ2) is 19.8. The van der Waals surface area contributed by atoms with E-state index in [1.807, 2.05) is 84.4 Å². The second-order valence-electron chi connectivity index (χ2n) is 18.8. The highest BCUT2D eigenvalue weighted by molar-refractivity contribution is 5.73. The normalized spacial score (nSPS) is 47.7. The fourth-order valence-corrected chi connectivity index (χ4v) is 9.61. The van der Waals surface area contributed by atoms with E-state index in [1.165, 1.54) is 6.92 Å². The summed E-state index contributed by atoms with van der Waals surface area (Å²) in [5.74, 6) is -2.65. The SMILES string of the molecule is CC[C@@H]1OC(=O)[C@H](C)[C@H](O[C@H]2C[C@@](C)(OC)[C@](O)(CN(C)CC)[C@H](C)O2)[C@H](C)[C@@H](O[C@@H]2O[C@H](C)C[C@H](N(C)C)[C@H]2O)[C@](C)(O)C[C@@H](C)CN(C)[C@H](C)[C@@H](O)[C@]1(C)O. The first-order valence-electron chi connectivity index (χ1n) is 21.2. The summed E-state index contributed by atoms with van der Waals surface area (Å²) in [7, 11) is 9.08. The Labute approximate surface area is 343 Å². The molecule has 3 rings (SSSR count). The Hall–Kier alpha value is -1.05. The molecule has 0 bridgehead atoms. The van der Waals surface area contributed by atoms with E-state index in [0.717, 1.165) is 0 Å². The highest BCUT2D eigenvalue weighted by atomic mass is 16.7. The molecule has 5 N–H and O–H groups in total. The number of likely N-dealkylation sites (N-methyl/N-ethyl adjacent to an activating group) is 3. The lowest BCUT2D eigenvalue weighted by atomic mass is 9.75. The van der Waals surface area contributed by atoms with E-state index in [9.17, 15) is 30.3 Å². The third-order valence-electron chi connectivity index (χ3n) is 13.7. The summed E-state index contributed by atoms with van der Waals surface area (Å²) in [5, 5.41) is 59.8. The van der Waals surface area contributed by atoms with Gasteiger partial charge in [-0.2, -0.15) is 0 Å². The predicted octanol–water partition coefficient (Wildman–Crippen LogP) is 2.22. The van der Waals surface area contributed by atoms with Gasteiger partial charge >= 0.3 is 5.97 Å². The molecule has 15 heteroatoms. The maximum Gasteiger partial charge on any atom is 0.311 e. The Morgan fingerprint density at radius 1 is 0.930 bits per heavy atom. The molecule has 0 radical (unpaired) electrons. The van der Waals surface area contributed by atoms with Crippen molar-refractivity contribution >= 4 is 5.97 Å². The lowest BCUT2D eigenvalue weighted by molar-refractivity contribution is -0.339. The lowest BCUT2D eigenvalue weighted by Gasteiger charge is -2.54. The number of carbonyl (C=O) groups excluding carboxylic acids is 1. The number of rotatable bonds is 10. The van der Waals surface area contributed by atoms with Gasteiger partial charge < -0.3 is 68.7 Å². The van der Waals surface area contributed by atoms with E-state index in [1.54, 1.807) is 34.8 Å². The molecule has 3 heterocycles. The quantitative estimate of drug-likeness (QED) is 0.202. The van der Waals surface area contributed by atoms with Gasteiger partial charge in [-0.25, -0.2) is 0 Å². The molecule has 15 nitrogen and oxygen atoms in total. The van der Waals surface area contributed by atoms with Crippen molar-refractivity contribution < 1.29 is 58.7 Å². The van der Waals surface area contributed by atoms with Crippen LogP contribution in [-0.2, 0) is 33.2 Å². The number of aliphatic hydroxyl groups excluding tert-OH is 2. The molecule has 336 valence electrons. The predicted molar refractivity (Wildman–Crippen MR) is 216 cm³/mol. The van der Waals surface area contributed by atoms with Crippen molar-refractivity contribution in [3.8, 4) is 0 Å². The van der Waals surface area contributed by atoms with Gasteiger partial charge in [-0.1, -0.05) is 27.7 Å². The van der Waals surface area contributed by atoms with Gasteiger partial charge in [-0.05, 0) is 108 Å². The molecule has 3 saturated heterocycles. The van der Waals surface area contributed by atoms with Crippen LogP contribution in [0.5, 0.6) is 0 Å². The van der Waals surface area contributed by atoms with Gasteiger partial charge in [0.15, 0.2) is 12.6 Å². The van der Waals surface area contributed by atoms with Crippen molar-refractivity contribution in [3.05, 3.63) is 0 Å². The number of esters is 1. The zero-order chi connectivity index (χ0) is 43.6. The van der Waals surface area contributed by atoms with Crippen LogP contribution in [0.15, 0.2) is 0 Å². The number of aliphatic hydroxyl groups is 5. The Morgan fingerprint density at radius 2 is 1.54 bits per heavy atom. The van der Waals surface area contributed by atoms with Gasteiger partial charge in [0.2, 0.25) is 0 Å². The van der Waals surface area contributed by atoms with Crippen LogP contribution in [0.1, 0.15) is 102 Å². The molecule has 0 amide bonds. The summed E-state index contributed by atoms with van der Waals surface area (Å²) < 4.78 is 38.5. The van der Waals surface area contributed by atoms with Crippen LogP contribution >= 0.6 is 0 Å². The first-order chi connectivity index (χ1) is 26.2. The van der Waals surface area contributed by atoms with E-state index in [2.05, 4.69) is 0 Å². The maximum atomic E-state index is 14.4. The molecule has 0 unspecified atom stereocenters. The number of cyclic esters (lactones) is 1. The number of nitrogens with zero attached hydrogens (tertiary/aromatic N) is 3. The van der Waals surface area contributed by atoms with Crippen LogP contribution in [-0.4, -0.2) is 191 Å². The Balaban J connectivity index is 2.20. The van der Waals surface area contributed by atoms with Crippen molar-refractivity contribution in [3.63, 3.8) is 0 Å². The summed E-state index contributed by atoms with van der Waals surface area (Å²) in [6.07, 6.45) is -7.54. The van der Waals surface area contributed by atoms with Crippen LogP contribution in [0.3, 0.4) is 0 Å². The van der Waals surface area contributed by atoms with Crippen LogP contribution in [0.25, 0.3) is 0 Å². The fourth-order valence-electron chi connectivity index (χ4n) is 9.61. The summed E-state index contributed by atoms with van der Waals surface area (Å²) in [5.41, 5.74) is -5.94. The summed E-state index contributed by atoms with van der Waals surface area (Å²) in [6.45, 7) is 21.2. The second-order valence-corrected chi connectivity index (χ2v) is 18.8. The minimum absolute atomic E-state index is 0.0982. The number of ether oxygens (including phenoxy) is 6. The van der Waals surface area contributed by atoms with Crippen LogP contribution in [0.2, 0.25) is 0 Å². The molecule has 3 fully saturated rings. The molecule has 0 saturated carbocycles. The molecule has 3 aliphatic heterocycles. The zero-order valence-electron chi connectivity index (χ0n) is 38.0. The minimum Gasteiger partial charge on any atom is -0.459 e. The Kier molecular flexibility index (Phi) is 17.4. The largest absolute Gasteiger partial charge is 0.459 e. The average molecular weight is 820 g/mol. The molecular formula is C42H81N3O12. The number of hydrogen-bond donors (Lipinski definition) is 5. The highest BCUT2D eigenvalue weighted by Crippen LogP contribution is 2.44. The maximum absolute atomic E-state index is 14.4. The monoisotopic (exact) mass is 820 g/mol. The van der Waals surface area contributed by atoms with E-state index in [-0.39, 0.29) is 43.9 Å². The van der Waals surface area contributed by atoms with Crippen molar-refractivity contribution in [1.82, 2.24) is 14.7 Å². The van der Waals surface area contributed by atoms with Gasteiger partial charge in [0.25, 0.3) is 0 Å². The molecular weight excluding hydrogens is 738 g/mol. The van der Waals surface area contributed by atoms with Gasteiger partial charge in [-0.3, -0.25) is 4.79 Å². The Bertz CT molecular complexity index is 1280. The highest BCUT2D eigenvalue weighted by Gasteiger charge is 2.59. The van der Waals surface area contributed by atoms with Gasteiger partial charge in [0.05, 0.1) is 35.9 Å². The lowest BCUT2D eigenvalue weighted by Crippen LogP contribution is -2.70. The first kappa shape index (κ1) is 50.3. The van der Waals surface area contributed by atoms with Crippen molar-refractivity contribution in [2.45, 2.75) is 192 Å². The summed E-state index contributed by atoms with van der Waals surface area (Å²) >= 11 is 0. The molecule has 0 aromatic rings. The zero-order valence-corrected chi connectivity index (χ0v) is 38.0. The minimum atomic E-state index is -1.81. The summed E-state index contributed by atoms with van der Waals surface area (Å²) in [4.78, 5) is 20.2. The number of carbonyl (C=O) groups is 1. The van der Waals surface area contributed by atoms with Crippen LogP contribution < -0.4 is 0 Å². The van der Waals surface area contributed by atoms with Crippen LogP contribution in [0.4, 0.5) is 0 Å². The van der Waals surface area contributed by atoms with Crippen molar-refractivity contribution in [1.29, 1.82) is 0 Å². The standard InChI is InChI=1S/C42H81N3O12/c1-17-31-41(11,50)35(47)28(7)45(15)22-24(3)20-39(9,49)36(57-38-33(46)30(43(12)13)19-25(4)53-38)26(5)34(27(6)37(48)55-31)56-32-21-40(10,52-16)42(51,29(8)54-32)23-44(14)18-2/h24-36,38,46-47,49-51H,17-23H2,1-16H3/t24-,25-,26+,27-,28-,29+,30+,31+,32+,33-,34-,35-,36-,38+,39-,40-,41-,42+/m1/s1.